The molecule has 0 bridgehead atoms. The van der Waals surface area contributed by atoms with E-state index in [1.165, 1.54) is 0 Å². The third-order valence-corrected chi connectivity index (χ3v) is 1.84. The van der Waals surface area contributed by atoms with E-state index in [1.807, 2.05) is 0 Å². The van der Waals surface area contributed by atoms with Gasteiger partial charge in [-0.05, 0) is 0 Å². The number of rotatable bonds is 2. The second-order valence-corrected chi connectivity index (χ2v) is 3.23. The van der Waals surface area contributed by atoms with Crippen LogP contribution in [0.5, 0.6) is 0 Å². The summed E-state index contributed by atoms with van der Waals surface area (Å²) in [5, 5.41) is 0. The number of halogens is 10. The zero-order chi connectivity index (χ0) is 15.2. The molecule has 0 aliphatic carbocycles. The topological polar surface area (TPSA) is 18.5 Å². The van der Waals surface area contributed by atoms with E-state index in [2.05, 4.69) is 9.47 Å². The molecule has 2 nitrogen and oxygen atoms in total. The van der Waals surface area contributed by atoms with Crippen LogP contribution in [0.25, 0.3) is 0 Å². The maximum Gasteiger partial charge on any atom is 0.483 e. The first-order valence-corrected chi connectivity index (χ1v) is 4.18. The number of allylic oxidation sites excluding steroid dienone is 1. The Bertz CT molecular complexity index is 390. The van der Waals surface area contributed by atoms with Crippen LogP contribution in [0.3, 0.4) is 0 Å². The first kappa shape index (κ1) is 15.9. The van der Waals surface area contributed by atoms with Gasteiger partial charge in [-0.25, -0.2) is 17.9 Å². The average Bonchev–Trinajstić information content (AvgIpc) is 2.21. The normalized spacial score (nSPS) is 33.4. The van der Waals surface area contributed by atoms with Crippen LogP contribution in [0.4, 0.5) is 43.9 Å². The fourth-order valence-electron chi connectivity index (χ4n) is 0.949. The predicted octanol–water partition coefficient (Wildman–Crippen LogP) is 3.60. The van der Waals surface area contributed by atoms with Gasteiger partial charge >= 0.3 is 24.3 Å². The van der Waals surface area contributed by atoms with Gasteiger partial charge in [0, 0.05) is 0 Å². The minimum Gasteiger partial charge on any atom is -0.405 e. The number of hydrogen-bond acceptors (Lipinski definition) is 2. The molecule has 19 heavy (non-hydrogen) atoms. The Morgan fingerprint density at radius 1 is 1.05 bits per heavy atom. The van der Waals surface area contributed by atoms with Crippen molar-refractivity contribution in [1.82, 2.24) is 0 Å². The van der Waals surface area contributed by atoms with Crippen molar-refractivity contribution in [2.75, 3.05) is 0 Å². The van der Waals surface area contributed by atoms with Crippen LogP contribution in [0.2, 0.25) is 0 Å². The summed E-state index contributed by atoms with van der Waals surface area (Å²) in [5.74, 6) is -2.64. The lowest BCUT2D eigenvalue weighted by Crippen LogP contribution is -2.55. The van der Waals surface area contributed by atoms with Crippen LogP contribution in [0.15, 0.2) is 11.8 Å². The average molecular weight is 308 g/mol. The molecule has 0 aromatic heterocycles. The molecule has 1 aliphatic heterocycles. The molecular formula is C7H2F10O2. The number of hydrogen-bond donors (Lipinski definition) is 0. The van der Waals surface area contributed by atoms with E-state index < -0.39 is 42.5 Å². The van der Waals surface area contributed by atoms with E-state index in [1.54, 1.807) is 0 Å². The van der Waals surface area contributed by atoms with Crippen LogP contribution < -0.4 is 0 Å². The lowest BCUT2D eigenvalue weighted by Gasteiger charge is -2.35. The third kappa shape index (κ3) is 2.72. The second kappa shape index (κ2) is 4.42. The molecule has 0 N–H and O–H groups in total. The first-order valence-electron chi connectivity index (χ1n) is 4.18. The molecule has 0 aromatic carbocycles. The quantitative estimate of drug-likeness (QED) is 0.726. The summed E-state index contributed by atoms with van der Waals surface area (Å²) in [5.41, 5.74) is 0. The maximum atomic E-state index is 13.2. The van der Waals surface area contributed by atoms with Gasteiger partial charge in [0.05, 0.1) is 0 Å². The summed E-state index contributed by atoms with van der Waals surface area (Å²) >= 11 is 0. The summed E-state index contributed by atoms with van der Waals surface area (Å²) in [6, 6.07) is -8.03. The molecule has 112 valence electrons. The summed E-state index contributed by atoms with van der Waals surface area (Å²) in [7, 11) is 0. The standard InChI is InChI=1S/C7H2F10O2/c8-1-2(9)4(11)18-5(12,3(1)10)19-7(16,17)6(13,14)15/h1,3H. The summed E-state index contributed by atoms with van der Waals surface area (Å²) in [6.45, 7) is 0. The number of alkyl halides is 8. The minimum absolute atomic E-state index is 2.33. The molecule has 3 atom stereocenters. The molecule has 3 unspecified atom stereocenters. The van der Waals surface area contributed by atoms with E-state index >= 15 is 0 Å². The Morgan fingerprint density at radius 2 is 1.53 bits per heavy atom. The molecule has 0 saturated heterocycles. The van der Waals surface area contributed by atoms with Crippen LogP contribution in [0.1, 0.15) is 0 Å². The molecule has 0 fully saturated rings. The van der Waals surface area contributed by atoms with Gasteiger partial charge < -0.3 is 4.74 Å². The van der Waals surface area contributed by atoms with Gasteiger partial charge in [-0.2, -0.15) is 30.7 Å². The molecule has 0 aromatic rings. The van der Waals surface area contributed by atoms with E-state index in [0.29, 0.717) is 0 Å². The molecule has 1 aliphatic rings. The van der Waals surface area contributed by atoms with Gasteiger partial charge in [0.2, 0.25) is 12.0 Å². The molecular weight excluding hydrogens is 306 g/mol. The Hall–Kier alpha value is -1.20. The zero-order valence-corrected chi connectivity index (χ0v) is 8.25. The van der Waals surface area contributed by atoms with Gasteiger partial charge in [-0.3, -0.25) is 0 Å². The smallest absolute Gasteiger partial charge is 0.405 e. The summed E-state index contributed by atoms with van der Waals surface area (Å²) in [6.07, 6.45) is -20.7. The fraction of sp³-hybridized carbons (Fsp3) is 0.714. The minimum atomic E-state index is -6.52. The van der Waals surface area contributed by atoms with Gasteiger partial charge in [0.1, 0.15) is 0 Å². The van der Waals surface area contributed by atoms with E-state index in [9.17, 15) is 43.9 Å². The van der Waals surface area contributed by atoms with Crippen molar-refractivity contribution >= 4 is 0 Å². The van der Waals surface area contributed by atoms with Crippen LogP contribution in [-0.2, 0) is 9.47 Å². The van der Waals surface area contributed by atoms with Crippen molar-refractivity contribution in [2.45, 2.75) is 30.7 Å². The van der Waals surface area contributed by atoms with E-state index in [4.69, 9.17) is 0 Å². The van der Waals surface area contributed by atoms with Crippen molar-refractivity contribution in [3.63, 3.8) is 0 Å². The zero-order valence-electron chi connectivity index (χ0n) is 8.25. The Labute approximate surface area is 97.1 Å². The molecule has 0 amide bonds. The molecule has 12 heteroatoms. The van der Waals surface area contributed by atoms with E-state index in [-0.39, 0.29) is 0 Å². The first-order chi connectivity index (χ1) is 8.32. The van der Waals surface area contributed by atoms with Gasteiger partial charge in [-0.1, -0.05) is 0 Å². The van der Waals surface area contributed by atoms with Gasteiger partial charge in [-0.15, -0.1) is 0 Å². The molecule has 0 radical (unpaired) electrons. The number of ether oxygens (including phenoxy) is 2. The maximum absolute atomic E-state index is 13.2. The Morgan fingerprint density at radius 3 is 1.95 bits per heavy atom. The molecule has 0 saturated carbocycles. The molecule has 1 rings (SSSR count). The highest BCUT2D eigenvalue weighted by molar-refractivity contribution is 5.09. The fourth-order valence-corrected chi connectivity index (χ4v) is 0.949. The van der Waals surface area contributed by atoms with Crippen molar-refractivity contribution in [2.24, 2.45) is 0 Å². The SMILES string of the molecule is FC1=C(F)C(F)C(F)C(F)(OC(F)(F)C(F)(F)F)O1. The highest BCUT2D eigenvalue weighted by Gasteiger charge is 2.68. The third-order valence-electron chi connectivity index (χ3n) is 1.84. The van der Waals surface area contributed by atoms with Crippen molar-refractivity contribution < 1.29 is 53.4 Å². The largest absolute Gasteiger partial charge is 0.483 e. The van der Waals surface area contributed by atoms with Crippen LogP contribution in [0, 0.1) is 0 Å². The van der Waals surface area contributed by atoms with E-state index in [0.717, 1.165) is 0 Å². The van der Waals surface area contributed by atoms with Crippen LogP contribution >= 0.6 is 0 Å². The molecule has 0 spiro atoms. The molecule has 1 heterocycles. The van der Waals surface area contributed by atoms with Crippen molar-refractivity contribution in [3.8, 4) is 0 Å². The van der Waals surface area contributed by atoms with Gasteiger partial charge in [0.25, 0.3) is 0 Å². The highest BCUT2D eigenvalue weighted by Crippen LogP contribution is 2.46. The Kier molecular flexibility index (Phi) is 3.69. The Balaban J connectivity index is 3.07. The summed E-state index contributed by atoms with van der Waals surface area (Å²) < 4.78 is 128. The van der Waals surface area contributed by atoms with Crippen molar-refractivity contribution in [1.29, 1.82) is 0 Å². The van der Waals surface area contributed by atoms with Crippen LogP contribution in [-0.4, -0.2) is 30.7 Å². The predicted molar refractivity (Wildman–Crippen MR) is 36.0 cm³/mol. The monoisotopic (exact) mass is 308 g/mol. The van der Waals surface area contributed by atoms with Gasteiger partial charge in [0.15, 0.2) is 6.17 Å². The summed E-state index contributed by atoms with van der Waals surface area (Å²) in [4.78, 5) is 0. The lowest BCUT2D eigenvalue weighted by molar-refractivity contribution is -0.488. The second-order valence-electron chi connectivity index (χ2n) is 3.23. The lowest BCUT2D eigenvalue weighted by atomic mass is 10.1. The highest BCUT2D eigenvalue weighted by atomic mass is 19.4. The van der Waals surface area contributed by atoms with Crippen molar-refractivity contribution in [3.05, 3.63) is 11.8 Å².